The molecule has 20 heavy (non-hydrogen) atoms. The van der Waals surface area contributed by atoms with Gasteiger partial charge in [-0.2, -0.15) is 12.7 Å². The summed E-state index contributed by atoms with van der Waals surface area (Å²) in [5.41, 5.74) is 5.66. The zero-order valence-electron chi connectivity index (χ0n) is 12.8. The third kappa shape index (κ3) is 5.29. The van der Waals surface area contributed by atoms with E-state index < -0.39 is 10.2 Å². The normalized spacial score (nSPS) is 20.8. The zero-order chi connectivity index (χ0) is 15.0. The lowest BCUT2D eigenvalue weighted by Crippen LogP contribution is -2.44. The molecule has 3 N–H and O–H groups in total. The maximum absolute atomic E-state index is 12.1. The minimum atomic E-state index is -3.30. The van der Waals surface area contributed by atoms with Crippen LogP contribution in [0.25, 0.3) is 0 Å². The molecule has 7 heteroatoms. The van der Waals surface area contributed by atoms with Crippen molar-refractivity contribution >= 4 is 10.2 Å². The van der Waals surface area contributed by atoms with Gasteiger partial charge in [-0.1, -0.05) is 13.8 Å². The van der Waals surface area contributed by atoms with E-state index in [2.05, 4.69) is 16.5 Å². The fourth-order valence-corrected chi connectivity index (χ4v) is 4.01. The lowest BCUT2D eigenvalue weighted by Gasteiger charge is -2.29. The number of nitrogens with two attached hydrogens (primary N) is 1. The second-order valence-corrected chi connectivity index (χ2v) is 7.08. The molecule has 0 saturated carbocycles. The Morgan fingerprint density at radius 2 is 1.95 bits per heavy atom. The van der Waals surface area contributed by atoms with E-state index in [0.717, 1.165) is 38.8 Å². The number of hydrogen-bond acceptors (Lipinski definition) is 4. The molecule has 6 nitrogen and oxygen atoms in total. The molecule has 0 aromatic carbocycles. The Bertz CT molecular complexity index is 361. The number of nitrogens with one attached hydrogen (secondary N) is 1. The van der Waals surface area contributed by atoms with Crippen molar-refractivity contribution < 1.29 is 8.42 Å². The summed E-state index contributed by atoms with van der Waals surface area (Å²) in [7, 11) is -3.30. The van der Waals surface area contributed by atoms with Crippen molar-refractivity contribution in [2.24, 2.45) is 5.73 Å². The molecule has 0 aromatic rings. The molecule has 1 saturated heterocycles. The number of nitrogens with zero attached hydrogens (tertiary/aromatic N) is 2. The molecule has 1 fully saturated rings. The van der Waals surface area contributed by atoms with Crippen LogP contribution in [-0.4, -0.2) is 62.9 Å². The van der Waals surface area contributed by atoms with Crippen LogP contribution in [0, 0.1) is 0 Å². The molecule has 1 rings (SSSR count). The van der Waals surface area contributed by atoms with Gasteiger partial charge in [-0.3, -0.25) is 4.90 Å². The molecular weight excluding hydrogens is 276 g/mol. The molecule has 0 bridgehead atoms. The van der Waals surface area contributed by atoms with Gasteiger partial charge in [0.15, 0.2) is 0 Å². The second-order valence-electron chi connectivity index (χ2n) is 5.33. The monoisotopic (exact) mass is 306 g/mol. The van der Waals surface area contributed by atoms with Gasteiger partial charge in [0, 0.05) is 32.2 Å². The number of hydrogen-bond donors (Lipinski definition) is 2. The van der Waals surface area contributed by atoms with E-state index in [4.69, 9.17) is 5.73 Å². The minimum absolute atomic E-state index is 0.478. The fourth-order valence-electron chi connectivity index (χ4n) is 2.68. The summed E-state index contributed by atoms with van der Waals surface area (Å²) in [6.45, 7) is 8.26. The zero-order valence-corrected chi connectivity index (χ0v) is 13.7. The van der Waals surface area contributed by atoms with Gasteiger partial charge >= 0.3 is 0 Å². The van der Waals surface area contributed by atoms with Crippen LogP contribution >= 0.6 is 0 Å². The van der Waals surface area contributed by atoms with Gasteiger partial charge in [0.2, 0.25) is 0 Å². The Balaban J connectivity index is 2.58. The second kappa shape index (κ2) is 8.94. The topological polar surface area (TPSA) is 78.7 Å². The van der Waals surface area contributed by atoms with Crippen LogP contribution in [0.2, 0.25) is 0 Å². The maximum atomic E-state index is 12.1. The average Bonchev–Trinajstić information content (AvgIpc) is 2.69. The van der Waals surface area contributed by atoms with Crippen molar-refractivity contribution in [3.8, 4) is 0 Å². The molecule has 120 valence electrons. The highest BCUT2D eigenvalue weighted by Gasteiger charge is 2.26. The predicted octanol–water partition coefficient (Wildman–Crippen LogP) is 0.366. The van der Waals surface area contributed by atoms with Crippen molar-refractivity contribution in [3.05, 3.63) is 0 Å². The van der Waals surface area contributed by atoms with E-state index in [0.29, 0.717) is 32.2 Å². The fraction of sp³-hybridized carbons (Fsp3) is 1.00. The minimum Gasteiger partial charge on any atom is -0.330 e. The van der Waals surface area contributed by atoms with Gasteiger partial charge in [-0.05, 0) is 38.8 Å². The summed E-state index contributed by atoms with van der Waals surface area (Å²) >= 11 is 0. The van der Waals surface area contributed by atoms with E-state index in [1.54, 1.807) is 4.31 Å². The van der Waals surface area contributed by atoms with E-state index in [-0.39, 0.29) is 0 Å². The Labute approximate surface area is 123 Å². The standard InChI is InChI=1S/C13H30N4O2S/c1-3-8-15-20(18,19)17-10-5-9-16(11-12-17)13(4-2)6-7-14/h13,15H,3-12,14H2,1-2H3. The first kappa shape index (κ1) is 17.8. The molecule has 0 aromatic heterocycles. The third-order valence-electron chi connectivity index (χ3n) is 3.85. The van der Waals surface area contributed by atoms with Crippen molar-refractivity contribution in [2.45, 2.75) is 45.6 Å². The van der Waals surface area contributed by atoms with Crippen molar-refractivity contribution in [2.75, 3.05) is 39.3 Å². The molecule has 0 aliphatic carbocycles. The van der Waals surface area contributed by atoms with Gasteiger partial charge < -0.3 is 5.73 Å². The van der Waals surface area contributed by atoms with Crippen LogP contribution in [0.1, 0.15) is 39.5 Å². The first-order valence-electron chi connectivity index (χ1n) is 7.74. The van der Waals surface area contributed by atoms with Crippen LogP contribution < -0.4 is 10.5 Å². The molecule has 0 amide bonds. The average molecular weight is 306 g/mol. The summed E-state index contributed by atoms with van der Waals surface area (Å²) < 4.78 is 28.5. The molecule has 1 atom stereocenters. The smallest absolute Gasteiger partial charge is 0.279 e. The Morgan fingerprint density at radius 1 is 1.20 bits per heavy atom. The Morgan fingerprint density at radius 3 is 2.55 bits per heavy atom. The molecular formula is C13H30N4O2S. The van der Waals surface area contributed by atoms with E-state index in [1.807, 2.05) is 6.92 Å². The molecule has 0 spiro atoms. The predicted molar refractivity (Wildman–Crippen MR) is 82.7 cm³/mol. The van der Waals surface area contributed by atoms with Gasteiger partial charge in [-0.25, -0.2) is 4.72 Å². The van der Waals surface area contributed by atoms with Crippen LogP contribution in [0.3, 0.4) is 0 Å². The van der Waals surface area contributed by atoms with Crippen LogP contribution in [0.5, 0.6) is 0 Å². The molecule has 0 radical (unpaired) electrons. The Hall–Kier alpha value is -0.210. The summed E-state index contributed by atoms with van der Waals surface area (Å²) in [5.74, 6) is 0. The van der Waals surface area contributed by atoms with Gasteiger partial charge in [0.25, 0.3) is 10.2 Å². The van der Waals surface area contributed by atoms with Crippen molar-refractivity contribution in [3.63, 3.8) is 0 Å². The molecule has 1 aliphatic heterocycles. The van der Waals surface area contributed by atoms with E-state index in [9.17, 15) is 8.42 Å². The highest BCUT2D eigenvalue weighted by atomic mass is 32.2. The summed E-state index contributed by atoms with van der Waals surface area (Å²) in [4.78, 5) is 2.39. The first-order valence-corrected chi connectivity index (χ1v) is 9.18. The molecule has 1 heterocycles. The quantitative estimate of drug-likeness (QED) is 0.679. The molecule has 1 aliphatic rings. The summed E-state index contributed by atoms with van der Waals surface area (Å²) in [6.07, 6.45) is 3.75. The SMILES string of the molecule is CCCNS(=O)(=O)N1CCCN(C(CC)CCN)CC1. The molecule has 1 unspecified atom stereocenters. The summed E-state index contributed by atoms with van der Waals surface area (Å²) in [5, 5.41) is 0. The maximum Gasteiger partial charge on any atom is 0.279 e. The van der Waals surface area contributed by atoms with Crippen LogP contribution in [0.4, 0.5) is 0 Å². The van der Waals surface area contributed by atoms with Gasteiger partial charge in [0.05, 0.1) is 0 Å². The van der Waals surface area contributed by atoms with Crippen molar-refractivity contribution in [1.82, 2.24) is 13.9 Å². The highest BCUT2D eigenvalue weighted by molar-refractivity contribution is 7.87. The lowest BCUT2D eigenvalue weighted by atomic mass is 10.1. The van der Waals surface area contributed by atoms with Crippen LogP contribution in [0.15, 0.2) is 0 Å². The van der Waals surface area contributed by atoms with E-state index in [1.165, 1.54) is 0 Å². The van der Waals surface area contributed by atoms with E-state index >= 15 is 0 Å². The number of rotatable bonds is 8. The lowest BCUT2D eigenvalue weighted by molar-refractivity contribution is 0.192. The first-order chi connectivity index (χ1) is 9.55. The van der Waals surface area contributed by atoms with Crippen molar-refractivity contribution in [1.29, 1.82) is 0 Å². The van der Waals surface area contributed by atoms with Gasteiger partial charge in [-0.15, -0.1) is 0 Å². The Kier molecular flexibility index (Phi) is 7.98. The third-order valence-corrected chi connectivity index (χ3v) is 5.47. The summed E-state index contributed by atoms with van der Waals surface area (Å²) in [6, 6.07) is 0.478. The highest BCUT2D eigenvalue weighted by Crippen LogP contribution is 2.13. The van der Waals surface area contributed by atoms with Crippen LogP contribution in [-0.2, 0) is 10.2 Å². The largest absolute Gasteiger partial charge is 0.330 e. The van der Waals surface area contributed by atoms with Gasteiger partial charge in [0.1, 0.15) is 0 Å².